The number of amides is 4. The highest BCUT2D eigenvalue weighted by Crippen LogP contribution is 2.51. The van der Waals surface area contributed by atoms with Gasteiger partial charge >= 0.3 is 0 Å². The normalized spacial score (nSPS) is 21.2. The van der Waals surface area contributed by atoms with E-state index in [1.54, 1.807) is 0 Å². The van der Waals surface area contributed by atoms with Gasteiger partial charge in [0.1, 0.15) is 48.4 Å². The highest BCUT2D eigenvalue weighted by Gasteiger charge is 2.40. The highest BCUT2D eigenvalue weighted by atomic mass is 16.5. The van der Waals surface area contributed by atoms with Crippen molar-refractivity contribution in [3.63, 3.8) is 0 Å². The van der Waals surface area contributed by atoms with Gasteiger partial charge in [0.25, 0.3) is 0 Å². The molecular formula is C61H66N8O8. The largest absolute Gasteiger partial charge is 0.488 e. The molecule has 0 bridgehead atoms. The number of H-pyrrole nitrogens is 2. The lowest BCUT2D eigenvalue weighted by molar-refractivity contribution is -0.139. The fourth-order valence-corrected chi connectivity index (χ4v) is 13.1. The van der Waals surface area contributed by atoms with E-state index in [-0.39, 0.29) is 47.5 Å². The summed E-state index contributed by atoms with van der Waals surface area (Å²) in [5, 5.41) is 6.32. The van der Waals surface area contributed by atoms with Gasteiger partial charge in [0.05, 0.1) is 35.9 Å². The third-order valence-corrected chi connectivity index (χ3v) is 17.4. The summed E-state index contributed by atoms with van der Waals surface area (Å²) in [6, 6.07) is 24.1. The van der Waals surface area contributed by atoms with Crippen LogP contribution in [0.15, 0.2) is 91.3 Å². The van der Waals surface area contributed by atoms with E-state index in [0.717, 1.165) is 93.1 Å². The third-order valence-electron chi connectivity index (χ3n) is 17.4. The number of nitrogens with one attached hydrogen (secondary N) is 4. The summed E-state index contributed by atoms with van der Waals surface area (Å²) in [7, 11) is 0. The van der Waals surface area contributed by atoms with Crippen molar-refractivity contribution >= 4 is 23.6 Å². The van der Waals surface area contributed by atoms with E-state index in [1.165, 1.54) is 31.2 Å². The Morgan fingerprint density at radius 3 is 1.49 bits per heavy atom. The number of nitrogens with zero attached hydrogens (tertiary/aromatic N) is 4. The molecule has 6 aliphatic heterocycles. The van der Waals surface area contributed by atoms with Crippen LogP contribution in [0.25, 0.3) is 33.6 Å². The molecule has 2 aromatic heterocycles. The van der Waals surface area contributed by atoms with Crippen LogP contribution in [-0.4, -0.2) is 92.9 Å². The summed E-state index contributed by atoms with van der Waals surface area (Å²) in [5.74, 6) is 2.63. The molecule has 4 amide bonds. The molecule has 13 rings (SSSR count). The first-order valence-electron chi connectivity index (χ1n) is 28.0. The molecule has 16 nitrogen and oxygen atoms in total. The number of imidazole rings is 2. The van der Waals surface area contributed by atoms with Crippen LogP contribution in [0.5, 0.6) is 11.5 Å². The first kappa shape index (κ1) is 49.3. The average Bonchev–Trinajstić information content (AvgIpc) is 4.39. The summed E-state index contributed by atoms with van der Waals surface area (Å²) in [6.07, 6.45) is 14.2. The maximum atomic E-state index is 14.8. The van der Waals surface area contributed by atoms with Crippen LogP contribution in [0.1, 0.15) is 147 Å². The van der Waals surface area contributed by atoms with E-state index in [2.05, 4.69) is 57.0 Å². The summed E-state index contributed by atoms with van der Waals surface area (Å²) in [6.45, 7) is 3.97. The third kappa shape index (κ3) is 9.68. The summed E-state index contributed by atoms with van der Waals surface area (Å²) in [5.41, 5.74) is 10.3. The van der Waals surface area contributed by atoms with Crippen LogP contribution in [0.4, 0.5) is 0 Å². The van der Waals surface area contributed by atoms with Crippen molar-refractivity contribution in [2.24, 2.45) is 11.8 Å². The molecule has 0 radical (unpaired) electrons. The van der Waals surface area contributed by atoms with Crippen LogP contribution < -0.4 is 20.1 Å². The summed E-state index contributed by atoms with van der Waals surface area (Å²) < 4.78 is 24.2. The van der Waals surface area contributed by atoms with Gasteiger partial charge in [-0.15, -0.1) is 0 Å². The minimum atomic E-state index is -0.813. The smallest absolute Gasteiger partial charge is 0.250 e. The lowest BCUT2D eigenvalue weighted by atomic mass is 9.87. The molecule has 0 spiro atoms. The van der Waals surface area contributed by atoms with Gasteiger partial charge in [-0.25, -0.2) is 9.97 Å². The molecule has 1 aliphatic carbocycles. The molecule has 8 heterocycles. The molecule has 4 N–H and O–H groups in total. The average molecular weight is 1040 g/mol. The van der Waals surface area contributed by atoms with E-state index >= 15 is 0 Å². The number of hydrogen-bond acceptors (Lipinski definition) is 10. The van der Waals surface area contributed by atoms with Crippen LogP contribution >= 0.6 is 0 Å². The van der Waals surface area contributed by atoms with Gasteiger partial charge in [-0.05, 0) is 111 Å². The molecule has 4 saturated heterocycles. The Labute approximate surface area is 448 Å². The lowest BCUT2D eigenvalue weighted by Crippen LogP contribution is -2.45. The van der Waals surface area contributed by atoms with Crippen molar-refractivity contribution in [3.8, 4) is 45.1 Å². The van der Waals surface area contributed by atoms with Crippen LogP contribution in [0.2, 0.25) is 0 Å². The van der Waals surface area contributed by atoms with E-state index in [9.17, 15) is 19.2 Å². The predicted octanol–water partition coefficient (Wildman–Crippen LogP) is 9.47. The molecule has 0 unspecified atom stereocenters. The first-order chi connectivity index (χ1) is 37.8. The molecule has 77 heavy (non-hydrogen) atoms. The number of carbonyl (C=O) groups is 4. The Bertz CT molecular complexity index is 3120. The van der Waals surface area contributed by atoms with Crippen molar-refractivity contribution < 1.29 is 38.1 Å². The van der Waals surface area contributed by atoms with E-state index in [0.29, 0.717) is 96.0 Å². The standard InChI is InChI=1S/C61H66N8O8/c70-58(40-18-24-74-25-19-40)66-54(38-10-2-1-3-11-38)60(72)68-22-6-12-48(68)56-62-32-46(64-56)42-28-44-34-77-51-31-43(29-45-35-76-50(30-42)52(44)53(45)51)47-33-63-57(65-47)49-13-7-23-69(49)61(73)55(67-59(71)41-20-26-75-27-21-41)39-16-14-37(15-17-39)36-8-4-5-9-36/h1-3,10-11,14-17,28-33,36,40-41,48-49,54-55H,4-9,12-13,18-27,34-35H2,(H,62,64)(H,63,65)(H,66,70)(H,67,71)/t48-,49-,54+,55+/m0/s1. The zero-order chi connectivity index (χ0) is 52.0. The molecule has 1 saturated carbocycles. The number of ether oxygens (including phenoxy) is 4. The molecular weight excluding hydrogens is 973 g/mol. The fraction of sp³-hybridized carbons (Fsp3) is 0.443. The van der Waals surface area contributed by atoms with Crippen molar-refractivity contribution in [1.29, 1.82) is 0 Å². The number of aromatic amines is 2. The molecule has 398 valence electrons. The van der Waals surface area contributed by atoms with Crippen LogP contribution in [0, 0.1) is 11.8 Å². The van der Waals surface area contributed by atoms with E-state index < -0.39 is 12.1 Å². The summed E-state index contributed by atoms with van der Waals surface area (Å²) >= 11 is 0. The molecule has 16 heteroatoms. The predicted molar refractivity (Wildman–Crippen MR) is 286 cm³/mol. The maximum Gasteiger partial charge on any atom is 0.250 e. The fourth-order valence-electron chi connectivity index (χ4n) is 13.1. The Morgan fingerprint density at radius 1 is 0.545 bits per heavy atom. The molecule has 4 aromatic carbocycles. The SMILES string of the molecule is O=C(N[C@@H](C(=O)N1CCC[C@H]1c1ncc(-c2cc3c4c(c2)OCc2cc(-c5cnc([C@@H]6CCCN6C(=O)[C@H](NC(=O)C6CCOCC6)c6ccc(C7CCCC7)cc6)[nH]5)cc(c2-4)OC3)[nH]1)c1ccccc1)C1CCOCC1. The quantitative estimate of drug-likeness (QED) is 0.0866. The number of benzene rings is 4. The Hall–Kier alpha value is -7.30. The second-order valence-corrected chi connectivity index (χ2v) is 22.1. The van der Waals surface area contributed by atoms with Gasteiger partial charge < -0.3 is 49.3 Å². The Morgan fingerprint density at radius 2 is 1.01 bits per heavy atom. The topological polar surface area (TPSA) is 193 Å². The highest BCUT2D eigenvalue weighted by molar-refractivity contribution is 5.92. The maximum absolute atomic E-state index is 14.8. The number of carbonyl (C=O) groups excluding carboxylic acids is 4. The van der Waals surface area contributed by atoms with Crippen molar-refractivity contribution in [3.05, 3.63) is 131 Å². The van der Waals surface area contributed by atoms with Crippen LogP contribution in [-0.2, 0) is 41.9 Å². The number of likely N-dealkylation sites (tertiary alicyclic amines) is 2. The van der Waals surface area contributed by atoms with E-state index in [4.69, 9.17) is 28.9 Å². The molecule has 5 fully saturated rings. The zero-order valence-electron chi connectivity index (χ0n) is 43.4. The second-order valence-electron chi connectivity index (χ2n) is 22.1. The second kappa shape index (κ2) is 21.3. The minimum Gasteiger partial charge on any atom is -0.488 e. The van der Waals surface area contributed by atoms with Crippen molar-refractivity contribution in [1.82, 2.24) is 40.4 Å². The zero-order valence-corrected chi connectivity index (χ0v) is 43.4. The lowest BCUT2D eigenvalue weighted by Gasteiger charge is -2.31. The number of rotatable bonds is 13. The minimum absolute atomic E-state index is 0.0990. The van der Waals surface area contributed by atoms with Gasteiger partial charge in [0.2, 0.25) is 23.6 Å². The summed E-state index contributed by atoms with van der Waals surface area (Å²) in [4.78, 5) is 77.3. The van der Waals surface area contributed by atoms with Gasteiger partial charge in [-0.2, -0.15) is 0 Å². The van der Waals surface area contributed by atoms with Gasteiger partial charge in [-0.1, -0.05) is 67.4 Å². The monoisotopic (exact) mass is 1040 g/mol. The Balaban J connectivity index is 0.719. The van der Waals surface area contributed by atoms with Crippen molar-refractivity contribution in [2.75, 3.05) is 39.5 Å². The number of aromatic nitrogens is 4. The van der Waals surface area contributed by atoms with Crippen molar-refractivity contribution in [2.45, 2.75) is 120 Å². The first-order valence-corrected chi connectivity index (χ1v) is 28.0. The molecule has 4 atom stereocenters. The van der Waals surface area contributed by atoms with E-state index in [1.807, 2.05) is 64.7 Å². The van der Waals surface area contributed by atoms with Gasteiger partial charge in [-0.3, -0.25) is 19.2 Å². The van der Waals surface area contributed by atoms with Crippen LogP contribution in [0.3, 0.4) is 0 Å². The molecule has 6 aromatic rings. The number of hydrogen-bond donors (Lipinski definition) is 4. The van der Waals surface area contributed by atoms with Gasteiger partial charge in [0.15, 0.2) is 0 Å². The Kier molecular flexibility index (Phi) is 13.6. The van der Waals surface area contributed by atoms with Gasteiger partial charge in [0, 0.05) is 84.7 Å². The molecule has 7 aliphatic rings.